The van der Waals surface area contributed by atoms with Crippen LogP contribution < -0.4 is 4.90 Å². The van der Waals surface area contributed by atoms with Crippen LogP contribution in [-0.2, 0) is 0 Å². The first kappa shape index (κ1) is 9.09. The van der Waals surface area contributed by atoms with Gasteiger partial charge in [0.15, 0.2) is 0 Å². The van der Waals surface area contributed by atoms with Crippen LogP contribution in [0.4, 0.5) is 5.69 Å². The summed E-state index contributed by atoms with van der Waals surface area (Å²) in [6.07, 6.45) is 1.76. The number of hydrogen-bond acceptors (Lipinski definition) is 3. The van der Waals surface area contributed by atoms with Gasteiger partial charge < -0.3 is 15.1 Å². The Labute approximate surface area is 82.9 Å². The summed E-state index contributed by atoms with van der Waals surface area (Å²) in [5.74, 6) is 0.329. The van der Waals surface area contributed by atoms with Crippen LogP contribution in [-0.4, -0.2) is 29.9 Å². The lowest BCUT2D eigenvalue weighted by atomic mass is 10.1. The third-order valence-corrected chi connectivity index (χ3v) is 2.40. The second kappa shape index (κ2) is 3.72. The predicted molar refractivity (Wildman–Crippen MR) is 56.3 cm³/mol. The molecule has 0 aliphatic carbocycles. The zero-order valence-corrected chi connectivity index (χ0v) is 7.85. The third kappa shape index (κ3) is 1.46. The number of nitrogens with zero attached hydrogens (tertiary/aromatic N) is 1. The van der Waals surface area contributed by atoms with E-state index in [2.05, 4.69) is 0 Å². The van der Waals surface area contributed by atoms with Crippen molar-refractivity contribution in [2.75, 3.05) is 24.6 Å². The number of fused-ring (bicyclic) bond motifs is 1. The van der Waals surface area contributed by atoms with Crippen LogP contribution in [0.2, 0.25) is 0 Å². The van der Waals surface area contributed by atoms with Gasteiger partial charge in [0.1, 0.15) is 5.76 Å². The Balaban J connectivity index is 2.38. The van der Waals surface area contributed by atoms with Crippen LogP contribution in [0.15, 0.2) is 30.3 Å². The van der Waals surface area contributed by atoms with Gasteiger partial charge >= 0.3 is 0 Å². The summed E-state index contributed by atoms with van der Waals surface area (Å²) in [5, 5.41) is 18.5. The molecule has 0 radical (unpaired) electrons. The SMILES string of the molecule is OCCN1CC=C(O)c2ccccc21. The van der Waals surface area contributed by atoms with E-state index in [9.17, 15) is 5.11 Å². The molecule has 14 heavy (non-hydrogen) atoms. The van der Waals surface area contributed by atoms with Crippen LogP contribution in [0.1, 0.15) is 5.56 Å². The number of rotatable bonds is 2. The van der Waals surface area contributed by atoms with Gasteiger partial charge in [-0.05, 0) is 18.2 Å². The van der Waals surface area contributed by atoms with E-state index in [1.807, 2.05) is 29.2 Å². The molecular weight excluding hydrogens is 178 g/mol. The smallest absolute Gasteiger partial charge is 0.122 e. The Morgan fingerprint density at radius 2 is 2.07 bits per heavy atom. The summed E-state index contributed by atoms with van der Waals surface area (Å²) in [4.78, 5) is 2.04. The maximum absolute atomic E-state index is 9.62. The van der Waals surface area contributed by atoms with E-state index in [0.29, 0.717) is 18.8 Å². The quantitative estimate of drug-likeness (QED) is 0.742. The van der Waals surface area contributed by atoms with Crippen LogP contribution in [0.5, 0.6) is 0 Å². The molecule has 0 aromatic heterocycles. The molecule has 2 N–H and O–H groups in total. The van der Waals surface area contributed by atoms with Gasteiger partial charge in [0.25, 0.3) is 0 Å². The minimum Gasteiger partial charge on any atom is -0.508 e. The Morgan fingerprint density at radius 1 is 1.29 bits per heavy atom. The van der Waals surface area contributed by atoms with Crippen LogP contribution in [0.3, 0.4) is 0 Å². The Kier molecular flexibility index (Phi) is 2.41. The normalized spacial score (nSPS) is 14.9. The number of β-amino-alcohol motifs (C(OH)–C–C–N with tert-alkyl or cyclic N) is 1. The largest absolute Gasteiger partial charge is 0.508 e. The minimum atomic E-state index is 0.128. The fourth-order valence-electron chi connectivity index (χ4n) is 1.70. The summed E-state index contributed by atoms with van der Waals surface area (Å²) >= 11 is 0. The molecule has 0 saturated heterocycles. The standard InChI is InChI=1S/C11H13NO2/c13-8-7-12-6-5-11(14)9-3-1-2-4-10(9)12/h1-5,13-14H,6-8H2. The fourth-order valence-corrected chi connectivity index (χ4v) is 1.70. The highest BCUT2D eigenvalue weighted by Crippen LogP contribution is 2.29. The highest BCUT2D eigenvalue weighted by atomic mass is 16.3. The van der Waals surface area contributed by atoms with Gasteiger partial charge in [-0.3, -0.25) is 0 Å². The van der Waals surface area contributed by atoms with Crippen molar-refractivity contribution in [2.24, 2.45) is 0 Å². The lowest BCUT2D eigenvalue weighted by Gasteiger charge is -2.28. The van der Waals surface area contributed by atoms with Crippen LogP contribution >= 0.6 is 0 Å². The van der Waals surface area contributed by atoms with Crippen molar-refractivity contribution in [1.82, 2.24) is 0 Å². The first-order valence-corrected chi connectivity index (χ1v) is 4.67. The molecule has 0 saturated carbocycles. The topological polar surface area (TPSA) is 43.7 Å². The highest BCUT2D eigenvalue weighted by molar-refractivity contribution is 5.75. The predicted octanol–water partition coefficient (Wildman–Crippen LogP) is 1.40. The molecule has 0 fully saturated rings. The number of aliphatic hydroxyl groups excluding tert-OH is 2. The second-order valence-electron chi connectivity index (χ2n) is 3.28. The van der Waals surface area contributed by atoms with Crippen LogP contribution in [0, 0.1) is 0 Å². The maximum Gasteiger partial charge on any atom is 0.122 e. The molecule has 74 valence electrons. The highest BCUT2D eigenvalue weighted by Gasteiger charge is 2.16. The van der Waals surface area contributed by atoms with Gasteiger partial charge in [0, 0.05) is 24.3 Å². The summed E-state index contributed by atoms with van der Waals surface area (Å²) in [6.45, 7) is 1.38. The van der Waals surface area contributed by atoms with Gasteiger partial charge in [-0.25, -0.2) is 0 Å². The lowest BCUT2D eigenvalue weighted by molar-refractivity contribution is 0.302. The Bertz CT molecular complexity index is 360. The third-order valence-electron chi connectivity index (χ3n) is 2.40. The number of hydrogen-bond donors (Lipinski definition) is 2. The molecule has 0 spiro atoms. The van der Waals surface area contributed by atoms with E-state index in [4.69, 9.17) is 5.11 Å². The molecule has 2 rings (SSSR count). The monoisotopic (exact) mass is 191 g/mol. The van der Waals surface area contributed by atoms with Gasteiger partial charge in [-0.2, -0.15) is 0 Å². The molecular formula is C11H13NO2. The van der Waals surface area contributed by atoms with Gasteiger partial charge in [-0.15, -0.1) is 0 Å². The Hall–Kier alpha value is -1.48. The number of anilines is 1. The van der Waals surface area contributed by atoms with Crippen molar-refractivity contribution in [2.45, 2.75) is 0 Å². The van der Waals surface area contributed by atoms with Crippen molar-refractivity contribution in [3.05, 3.63) is 35.9 Å². The molecule has 0 atom stereocenters. The number of aliphatic hydroxyl groups is 2. The maximum atomic E-state index is 9.62. The first-order chi connectivity index (χ1) is 6.83. The summed E-state index contributed by atoms with van der Waals surface area (Å²) < 4.78 is 0. The molecule has 1 aromatic carbocycles. The fraction of sp³-hybridized carbons (Fsp3) is 0.273. The van der Waals surface area contributed by atoms with Crippen molar-refractivity contribution in [1.29, 1.82) is 0 Å². The van der Waals surface area contributed by atoms with E-state index < -0.39 is 0 Å². The van der Waals surface area contributed by atoms with Crippen LogP contribution in [0.25, 0.3) is 5.76 Å². The molecule has 0 unspecified atom stereocenters. The number of para-hydroxylation sites is 1. The molecule has 3 heteroatoms. The average Bonchev–Trinajstić information content (AvgIpc) is 2.23. The van der Waals surface area contributed by atoms with Gasteiger partial charge in [0.2, 0.25) is 0 Å². The van der Waals surface area contributed by atoms with E-state index in [1.165, 1.54) is 0 Å². The van der Waals surface area contributed by atoms with Gasteiger partial charge in [0.05, 0.1) is 6.61 Å². The average molecular weight is 191 g/mol. The summed E-state index contributed by atoms with van der Waals surface area (Å²) in [6, 6.07) is 7.66. The lowest BCUT2D eigenvalue weighted by Crippen LogP contribution is -2.29. The number of benzene rings is 1. The molecule has 1 heterocycles. The van der Waals surface area contributed by atoms with Crippen molar-refractivity contribution >= 4 is 11.4 Å². The minimum absolute atomic E-state index is 0.128. The molecule has 1 aliphatic heterocycles. The van der Waals surface area contributed by atoms with E-state index in [0.717, 1.165) is 11.3 Å². The summed E-state index contributed by atoms with van der Waals surface area (Å²) in [7, 11) is 0. The van der Waals surface area contributed by atoms with Gasteiger partial charge in [-0.1, -0.05) is 12.1 Å². The summed E-state index contributed by atoms with van der Waals surface area (Å²) in [5.41, 5.74) is 1.83. The zero-order valence-electron chi connectivity index (χ0n) is 7.85. The van der Waals surface area contributed by atoms with Crippen molar-refractivity contribution in [3.8, 4) is 0 Å². The first-order valence-electron chi connectivity index (χ1n) is 4.67. The zero-order chi connectivity index (χ0) is 9.97. The second-order valence-corrected chi connectivity index (χ2v) is 3.28. The molecule has 0 bridgehead atoms. The molecule has 1 aromatic rings. The van der Waals surface area contributed by atoms with Crippen molar-refractivity contribution < 1.29 is 10.2 Å². The van der Waals surface area contributed by atoms with E-state index >= 15 is 0 Å². The van der Waals surface area contributed by atoms with E-state index in [1.54, 1.807) is 6.08 Å². The van der Waals surface area contributed by atoms with Crippen molar-refractivity contribution in [3.63, 3.8) is 0 Å². The molecule has 0 amide bonds. The molecule has 3 nitrogen and oxygen atoms in total. The molecule has 1 aliphatic rings. The van der Waals surface area contributed by atoms with E-state index in [-0.39, 0.29) is 6.61 Å². The Morgan fingerprint density at radius 3 is 2.86 bits per heavy atom.